The third-order valence-corrected chi connectivity index (χ3v) is 3.30. The number of nitrogens with zero attached hydrogens (tertiary/aromatic N) is 1. The molecule has 0 N–H and O–H groups in total. The second kappa shape index (κ2) is 7.33. The summed E-state index contributed by atoms with van der Waals surface area (Å²) < 4.78 is 18.1. The monoisotopic (exact) mass is 319 g/mol. The minimum Gasteiger partial charge on any atom is -0.423 e. The third-order valence-electron chi connectivity index (χ3n) is 3.30. The molecule has 0 saturated carbocycles. The van der Waals surface area contributed by atoms with E-state index in [1.165, 1.54) is 24.3 Å². The first-order valence-electron chi connectivity index (χ1n) is 7.38. The summed E-state index contributed by atoms with van der Waals surface area (Å²) in [4.78, 5) is 16.2. The fraction of sp³-hybridized carbons (Fsp3) is 0. The SMILES string of the molecule is O=C(Oc1ccc(C=Cc2ccccn2)cc1)c1ccc(F)cc1. The molecule has 2 aromatic carbocycles. The number of benzene rings is 2. The third kappa shape index (κ3) is 4.14. The van der Waals surface area contributed by atoms with E-state index >= 15 is 0 Å². The topological polar surface area (TPSA) is 39.2 Å². The first-order valence-corrected chi connectivity index (χ1v) is 7.38. The number of aromatic nitrogens is 1. The molecule has 3 aromatic rings. The maximum atomic E-state index is 12.9. The first kappa shape index (κ1) is 15.6. The van der Waals surface area contributed by atoms with Crippen LogP contribution in [0.4, 0.5) is 4.39 Å². The number of carbonyl (C=O) groups excluding carboxylic acids is 1. The maximum absolute atomic E-state index is 12.9. The predicted octanol–water partition coefficient (Wildman–Crippen LogP) is 4.61. The average molecular weight is 319 g/mol. The molecular formula is C20H14FNO2. The average Bonchev–Trinajstić information content (AvgIpc) is 2.62. The normalized spacial score (nSPS) is 10.7. The smallest absolute Gasteiger partial charge is 0.343 e. The Morgan fingerprint density at radius 2 is 1.67 bits per heavy atom. The van der Waals surface area contributed by atoms with Gasteiger partial charge in [-0.05, 0) is 60.2 Å². The van der Waals surface area contributed by atoms with Crippen LogP contribution >= 0.6 is 0 Å². The van der Waals surface area contributed by atoms with Crippen LogP contribution in [0.3, 0.4) is 0 Å². The number of rotatable bonds is 4. The van der Waals surface area contributed by atoms with Gasteiger partial charge in [0, 0.05) is 6.20 Å². The van der Waals surface area contributed by atoms with Gasteiger partial charge >= 0.3 is 5.97 Å². The number of carbonyl (C=O) groups is 1. The lowest BCUT2D eigenvalue weighted by Gasteiger charge is -2.04. The van der Waals surface area contributed by atoms with Crippen LogP contribution in [0.2, 0.25) is 0 Å². The molecule has 1 aromatic heterocycles. The van der Waals surface area contributed by atoms with Crippen LogP contribution in [0.5, 0.6) is 5.75 Å². The van der Waals surface area contributed by atoms with Gasteiger partial charge < -0.3 is 4.74 Å². The zero-order valence-electron chi connectivity index (χ0n) is 12.7. The molecule has 0 atom stereocenters. The summed E-state index contributed by atoms with van der Waals surface area (Å²) in [7, 11) is 0. The molecule has 0 unspecified atom stereocenters. The number of ether oxygens (including phenoxy) is 1. The highest BCUT2D eigenvalue weighted by Crippen LogP contribution is 2.16. The van der Waals surface area contributed by atoms with Gasteiger partial charge in [-0.15, -0.1) is 0 Å². The van der Waals surface area contributed by atoms with E-state index in [1.54, 1.807) is 18.3 Å². The second-order valence-electron chi connectivity index (χ2n) is 5.05. The lowest BCUT2D eigenvalue weighted by molar-refractivity contribution is 0.0734. The van der Waals surface area contributed by atoms with Crippen LogP contribution in [-0.2, 0) is 0 Å². The summed E-state index contributed by atoms with van der Waals surface area (Å²) in [6.45, 7) is 0. The second-order valence-corrected chi connectivity index (χ2v) is 5.05. The summed E-state index contributed by atoms with van der Waals surface area (Å²) in [5.74, 6) is -0.485. The van der Waals surface area contributed by atoms with Gasteiger partial charge in [0.1, 0.15) is 11.6 Å². The number of hydrogen-bond acceptors (Lipinski definition) is 3. The summed E-state index contributed by atoms with van der Waals surface area (Å²) in [6, 6.07) is 18.0. The molecule has 1 heterocycles. The highest BCUT2D eigenvalue weighted by molar-refractivity contribution is 5.91. The van der Waals surface area contributed by atoms with Crippen LogP contribution in [0.15, 0.2) is 72.9 Å². The van der Waals surface area contributed by atoms with Crippen molar-refractivity contribution < 1.29 is 13.9 Å². The molecule has 0 aliphatic carbocycles. The maximum Gasteiger partial charge on any atom is 0.343 e. The van der Waals surface area contributed by atoms with Crippen LogP contribution in [-0.4, -0.2) is 11.0 Å². The molecule has 0 aliphatic heterocycles. The molecule has 0 radical (unpaired) electrons. The van der Waals surface area contributed by atoms with Crippen molar-refractivity contribution in [2.45, 2.75) is 0 Å². The fourth-order valence-electron chi connectivity index (χ4n) is 2.06. The number of pyridine rings is 1. The molecule has 3 rings (SSSR count). The molecule has 0 amide bonds. The van der Waals surface area contributed by atoms with Gasteiger partial charge in [0.2, 0.25) is 0 Å². The number of esters is 1. The quantitative estimate of drug-likeness (QED) is 0.521. The van der Waals surface area contributed by atoms with Crippen molar-refractivity contribution in [1.29, 1.82) is 0 Å². The Hall–Kier alpha value is -3.27. The lowest BCUT2D eigenvalue weighted by atomic mass is 10.2. The van der Waals surface area contributed by atoms with E-state index in [-0.39, 0.29) is 0 Å². The van der Waals surface area contributed by atoms with Gasteiger partial charge in [0.05, 0.1) is 11.3 Å². The molecule has 4 heteroatoms. The molecule has 0 aliphatic rings. The van der Waals surface area contributed by atoms with E-state index < -0.39 is 11.8 Å². The van der Waals surface area contributed by atoms with Crippen molar-refractivity contribution in [3.8, 4) is 5.75 Å². The van der Waals surface area contributed by atoms with E-state index in [9.17, 15) is 9.18 Å². The molecular weight excluding hydrogens is 305 g/mol. The molecule has 0 bridgehead atoms. The van der Waals surface area contributed by atoms with E-state index in [0.717, 1.165) is 11.3 Å². The van der Waals surface area contributed by atoms with Gasteiger partial charge in [-0.2, -0.15) is 0 Å². The van der Waals surface area contributed by atoms with Crippen molar-refractivity contribution in [1.82, 2.24) is 4.98 Å². The first-order chi connectivity index (χ1) is 11.7. The van der Waals surface area contributed by atoms with Crippen LogP contribution in [0.25, 0.3) is 12.2 Å². The Morgan fingerprint density at radius 1 is 0.917 bits per heavy atom. The van der Waals surface area contributed by atoms with Gasteiger partial charge in [-0.25, -0.2) is 9.18 Å². The zero-order chi connectivity index (χ0) is 16.8. The van der Waals surface area contributed by atoms with Gasteiger partial charge in [0.15, 0.2) is 0 Å². The molecule has 3 nitrogen and oxygen atoms in total. The highest BCUT2D eigenvalue weighted by Gasteiger charge is 2.08. The van der Waals surface area contributed by atoms with E-state index in [0.29, 0.717) is 11.3 Å². The summed E-state index contributed by atoms with van der Waals surface area (Å²) in [6.07, 6.45) is 5.56. The van der Waals surface area contributed by atoms with Gasteiger partial charge in [-0.1, -0.05) is 24.3 Å². The molecule has 0 saturated heterocycles. The van der Waals surface area contributed by atoms with Crippen molar-refractivity contribution >= 4 is 18.1 Å². The summed E-state index contributed by atoms with van der Waals surface area (Å²) >= 11 is 0. The fourth-order valence-corrected chi connectivity index (χ4v) is 2.06. The van der Waals surface area contributed by atoms with Crippen LogP contribution < -0.4 is 4.74 Å². The Morgan fingerprint density at radius 3 is 2.33 bits per heavy atom. The van der Waals surface area contributed by atoms with Crippen molar-refractivity contribution in [2.24, 2.45) is 0 Å². The zero-order valence-corrected chi connectivity index (χ0v) is 12.7. The number of hydrogen-bond donors (Lipinski definition) is 0. The van der Waals surface area contributed by atoms with Gasteiger partial charge in [-0.3, -0.25) is 4.98 Å². The minimum absolute atomic E-state index is 0.301. The van der Waals surface area contributed by atoms with Crippen molar-refractivity contribution in [3.63, 3.8) is 0 Å². The predicted molar refractivity (Wildman–Crippen MR) is 91.0 cm³/mol. The van der Waals surface area contributed by atoms with E-state index in [2.05, 4.69) is 4.98 Å². The lowest BCUT2D eigenvalue weighted by Crippen LogP contribution is -2.08. The van der Waals surface area contributed by atoms with E-state index in [1.807, 2.05) is 42.5 Å². The number of halogens is 1. The molecule has 0 fully saturated rings. The van der Waals surface area contributed by atoms with Crippen LogP contribution in [0.1, 0.15) is 21.6 Å². The molecule has 118 valence electrons. The van der Waals surface area contributed by atoms with Crippen molar-refractivity contribution in [2.75, 3.05) is 0 Å². The molecule has 0 spiro atoms. The largest absolute Gasteiger partial charge is 0.423 e. The van der Waals surface area contributed by atoms with Crippen LogP contribution in [0, 0.1) is 5.82 Å². The Labute approximate surface area is 139 Å². The standard InChI is InChI=1S/C20H14FNO2/c21-17-9-7-16(8-10-17)20(23)24-19-12-5-15(6-13-19)4-11-18-3-1-2-14-22-18/h1-14H. The van der Waals surface area contributed by atoms with Gasteiger partial charge in [0.25, 0.3) is 0 Å². The summed E-state index contributed by atoms with van der Waals surface area (Å²) in [5, 5.41) is 0. The Kier molecular flexibility index (Phi) is 4.77. The molecule has 24 heavy (non-hydrogen) atoms. The minimum atomic E-state index is -0.522. The summed E-state index contributed by atoms with van der Waals surface area (Å²) in [5.41, 5.74) is 2.13. The van der Waals surface area contributed by atoms with E-state index in [4.69, 9.17) is 4.74 Å². The Balaban J connectivity index is 1.65. The highest BCUT2D eigenvalue weighted by atomic mass is 19.1. The Bertz CT molecular complexity index is 841. The van der Waals surface area contributed by atoms with Crippen molar-refractivity contribution in [3.05, 3.63) is 95.6 Å².